The summed E-state index contributed by atoms with van der Waals surface area (Å²) in [6, 6.07) is 13.7. The summed E-state index contributed by atoms with van der Waals surface area (Å²) in [7, 11) is 0. The summed E-state index contributed by atoms with van der Waals surface area (Å²) in [6.45, 7) is 7.44. The van der Waals surface area contributed by atoms with Crippen LogP contribution in [0, 0.1) is 0 Å². The van der Waals surface area contributed by atoms with Crippen molar-refractivity contribution in [3.8, 4) is 11.5 Å². The molecule has 0 aromatic heterocycles. The lowest BCUT2D eigenvalue weighted by Crippen LogP contribution is -2.36. The number of ether oxygens (including phenoxy) is 2. The molecule has 1 heterocycles. The zero-order valence-electron chi connectivity index (χ0n) is 20.2. The summed E-state index contributed by atoms with van der Waals surface area (Å²) in [6.07, 6.45) is 3.77. The van der Waals surface area contributed by atoms with E-state index in [1.807, 2.05) is 42.5 Å². The highest BCUT2D eigenvalue weighted by Crippen LogP contribution is 2.36. The molecule has 34 heavy (non-hydrogen) atoms. The fraction of sp³-hybridized carbons (Fsp3) is 0.556. The van der Waals surface area contributed by atoms with Crippen LogP contribution in [0.1, 0.15) is 50.7 Å². The number of halogens is 2. The second-order valence-electron chi connectivity index (χ2n) is 9.59. The number of hydrogen-bond acceptors (Lipinski definition) is 5. The Hall–Kier alpha value is -1.50. The van der Waals surface area contributed by atoms with Gasteiger partial charge in [-0.1, -0.05) is 56.5 Å². The Balaban J connectivity index is 1.56. The third kappa shape index (κ3) is 7.76. The Morgan fingerprint density at radius 3 is 2.12 bits per heavy atom. The Bertz CT molecular complexity index is 883. The van der Waals surface area contributed by atoms with E-state index >= 15 is 0 Å². The number of likely N-dealkylation sites (tertiary alicyclic amines) is 1. The molecule has 7 heteroatoms. The third-order valence-corrected chi connectivity index (χ3v) is 7.10. The first-order chi connectivity index (χ1) is 16.3. The van der Waals surface area contributed by atoms with Crippen molar-refractivity contribution in [2.24, 2.45) is 0 Å². The molecule has 2 aromatic carbocycles. The topological polar surface area (TPSA) is 62.2 Å². The van der Waals surface area contributed by atoms with Crippen LogP contribution in [-0.2, 0) is 5.41 Å². The largest absolute Gasteiger partial charge is 0.491 e. The standard InChI is InChI=1S/C27H37Cl2NO4/c1-27(2,21-9-12-26(25(29)15-21)34-18-22(31)16-28)20-7-10-24(11-8-20)33-19-23(32)17-30-13-5-3-4-6-14-30/h7-12,15,22-23,31-32H,3-6,13-14,16-19H2,1-2H3/t22-,23+/m0/s1. The molecule has 3 rings (SSSR count). The van der Waals surface area contributed by atoms with Gasteiger partial charge in [0.15, 0.2) is 0 Å². The smallest absolute Gasteiger partial charge is 0.138 e. The van der Waals surface area contributed by atoms with Crippen molar-refractivity contribution < 1.29 is 19.7 Å². The van der Waals surface area contributed by atoms with Gasteiger partial charge in [-0.25, -0.2) is 0 Å². The van der Waals surface area contributed by atoms with Gasteiger partial charge in [-0.3, -0.25) is 0 Å². The highest BCUT2D eigenvalue weighted by molar-refractivity contribution is 6.32. The number of hydrogen-bond donors (Lipinski definition) is 2. The van der Waals surface area contributed by atoms with Crippen LogP contribution in [0.25, 0.3) is 0 Å². The molecule has 0 spiro atoms. The average molecular weight is 511 g/mol. The SMILES string of the molecule is CC(C)(c1ccc(OC[C@H](O)CN2CCCCCC2)cc1)c1ccc(OC[C@@H](O)CCl)c(Cl)c1. The van der Waals surface area contributed by atoms with E-state index in [1.165, 1.54) is 25.7 Å². The van der Waals surface area contributed by atoms with Crippen LogP contribution in [0.15, 0.2) is 42.5 Å². The van der Waals surface area contributed by atoms with Crippen LogP contribution in [-0.4, -0.2) is 66.0 Å². The average Bonchev–Trinajstić information content (AvgIpc) is 3.10. The van der Waals surface area contributed by atoms with Gasteiger partial charge in [0.25, 0.3) is 0 Å². The predicted molar refractivity (Wildman–Crippen MR) is 139 cm³/mol. The maximum Gasteiger partial charge on any atom is 0.138 e. The van der Waals surface area contributed by atoms with Crippen molar-refractivity contribution in [3.05, 3.63) is 58.6 Å². The first kappa shape index (κ1) is 27.1. The lowest BCUT2D eigenvalue weighted by atomic mass is 9.78. The third-order valence-electron chi connectivity index (χ3n) is 6.45. The van der Waals surface area contributed by atoms with E-state index in [1.54, 1.807) is 0 Å². The molecule has 0 unspecified atom stereocenters. The van der Waals surface area contributed by atoms with E-state index in [0.717, 1.165) is 30.0 Å². The highest BCUT2D eigenvalue weighted by Gasteiger charge is 2.24. The molecule has 0 amide bonds. The Kier molecular flexibility index (Phi) is 10.3. The maximum atomic E-state index is 10.4. The Labute approximate surface area is 213 Å². The first-order valence-electron chi connectivity index (χ1n) is 12.1. The van der Waals surface area contributed by atoms with Crippen LogP contribution in [0.2, 0.25) is 5.02 Å². The minimum absolute atomic E-state index is 0.0974. The quantitative estimate of drug-likeness (QED) is 0.404. The van der Waals surface area contributed by atoms with E-state index in [9.17, 15) is 10.2 Å². The molecule has 0 bridgehead atoms. The Morgan fingerprint density at radius 2 is 1.50 bits per heavy atom. The summed E-state index contributed by atoms with van der Waals surface area (Å²) in [5.74, 6) is 1.38. The van der Waals surface area contributed by atoms with Gasteiger partial charge in [-0.05, 0) is 61.3 Å². The normalized spacial score (nSPS) is 17.1. The molecular formula is C27H37Cl2NO4. The van der Waals surface area contributed by atoms with Crippen molar-refractivity contribution in [2.75, 3.05) is 38.7 Å². The number of benzene rings is 2. The van der Waals surface area contributed by atoms with E-state index in [2.05, 4.69) is 18.7 Å². The minimum atomic E-state index is -0.731. The second kappa shape index (κ2) is 13.0. The fourth-order valence-corrected chi connectivity index (χ4v) is 4.56. The number of nitrogens with zero attached hydrogens (tertiary/aromatic N) is 1. The van der Waals surface area contributed by atoms with Crippen molar-refractivity contribution in [2.45, 2.75) is 57.2 Å². The van der Waals surface area contributed by atoms with Crippen LogP contribution in [0.4, 0.5) is 0 Å². The van der Waals surface area contributed by atoms with Gasteiger partial charge in [0.1, 0.15) is 36.9 Å². The summed E-state index contributed by atoms with van der Waals surface area (Å²) in [4.78, 5) is 2.34. The molecule has 0 aliphatic carbocycles. The molecule has 5 nitrogen and oxygen atoms in total. The van der Waals surface area contributed by atoms with Crippen molar-refractivity contribution in [1.82, 2.24) is 4.90 Å². The monoisotopic (exact) mass is 509 g/mol. The molecule has 0 radical (unpaired) electrons. The van der Waals surface area contributed by atoms with Gasteiger partial charge in [-0.15, -0.1) is 11.6 Å². The lowest BCUT2D eigenvalue weighted by Gasteiger charge is -2.27. The van der Waals surface area contributed by atoms with Gasteiger partial charge in [-0.2, -0.15) is 0 Å². The van der Waals surface area contributed by atoms with Gasteiger partial charge < -0.3 is 24.6 Å². The number of aliphatic hydroxyl groups is 2. The molecule has 2 aromatic rings. The lowest BCUT2D eigenvalue weighted by molar-refractivity contribution is 0.0693. The number of alkyl halides is 1. The molecule has 2 N–H and O–H groups in total. The zero-order valence-corrected chi connectivity index (χ0v) is 21.7. The molecule has 1 aliphatic rings. The summed E-state index contributed by atoms with van der Waals surface area (Å²) in [5.41, 5.74) is 1.87. The molecule has 1 saturated heterocycles. The summed E-state index contributed by atoms with van der Waals surface area (Å²) >= 11 is 12.1. The zero-order chi connectivity index (χ0) is 24.6. The molecule has 2 atom stereocenters. The van der Waals surface area contributed by atoms with E-state index < -0.39 is 12.2 Å². The molecular weight excluding hydrogens is 473 g/mol. The van der Waals surface area contributed by atoms with Crippen molar-refractivity contribution >= 4 is 23.2 Å². The highest BCUT2D eigenvalue weighted by atomic mass is 35.5. The maximum absolute atomic E-state index is 10.4. The van der Waals surface area contributed by atoms with E-state index in [-0.39, 0.29) is 24.5 Å². The Morgan fingerprint density at radius 1 is 0.882 bits per heavy atom. The van der Waals surface area contributed by atoms with Crippen LogP contribution in [0.5, 0.6) is 11.5 Å². The van der Waals surface area contributed by atoms with Gasteiger partial charge in [0, 0.05) is 12.0 Å². The van der Waals surface area contributed by atoms with Crippen LogP contribution >= 0.6 is 23.2 Å². The molecule has 0 saturated carbocycles. The molecule has 1 fully saturated rings. The molecule has 188 valence electrons. The van der Waals surface area contributed by atoms with Gasteiger partial charge in [0.2, 0.25) is 0 Å². The predicted octanol–water partition coefficient (Wildman–Crippen LogP) is 5.26. The van der Waals surface area contributed by atoms with Crippen LogP contribution < -0.4 is 9.47 Å². The second-order valence-corrected chi connectivity index (χ2v) is 10.3. The first-order valence-corrected chi connectivity index (χ1v) is 13.0. The number of β-amino-alcohol motifs (C(OH)–C–C–N with tert-alkyl or cyclic N) is 1. The van der Waals surface area contributed by atoms with Gasteiger partial charge >= 0.3 is 0 Å². The van der Waals surface area contributed by atoms with E-state index in [0.29, 0.717) is 17.3 Å². The van der Waals surface area contributed by atoms with Crippen LogP contribution in [0.3, 0.4) is 0 Å². The minimum Gasteiger partial charge on any atom is -0.491 e. The molecule has 1 aliphatic heterocycles. The van der Waals surface area contributed by atoms with Crippen molar-refractivity contribution in [1.29, 1.82) is 0 Å². The number of rotatable bonds is 11. The van der Waals surface area contributed by atoms with Crippen molar-refractivity contribution in [3.63, 3.8) is 0 Å². The number of aliphatic hydroxyl groups excluding tert-OH is 2. The van der Waals surface area contributed by atoms with E-state index in [4.69, 9.17) is 32.7 Å². The summed E-state index contributed by atoms with van der Waals surface area (Å²) in [5, 5.41) is 20.5. The fourth-order valence-electron chi connectivity index (χ4n) is 4.23. The van der Waals surface area contributed by atoms with Gasteiger partial charge in [0.05, 0.1) is 10.9 Å². The summed E-state index contributed by atoms with van der Waals surface area (Å²) < 4.78 is 11.4.